The van der Waals surface area contributed by atoms with Crippen molar-refractivity contribution in [3.63, 3.8) is 0 Å². The molecule has 0 aromatic heterocycles. The van der Waals surface area contributed by atoms with Gasteiger partial charge in [-0.25, -0.2) is 0 Å². The Kier molecular flexibility index (Phi) is 2.92. The Bertz CT molecular complexity index is 167. The molecule has 0 aromatic rings. The summed E-state index contributed by atoms with van der Waals surface area (Å²) in [5.41, 5.74) is 0. The molecular formula is C12H23N. The Hall–Kier alpha value is -0.0400. The maximum Gasteiger partial charge on any atom is 0.00990 e. The molecule has 0 aliphatic heterocycles. The summed E-state index contributed by atoms with van der Waals surface area (Å²) in [5, 5.41) is 3.84. The van der Waals surface area contributed by atoms with E-state index in [4.69, 9.17) is 0 Å². The van der Waals surface area contributed by atoms with Crippen molar-refractivity contribution < 1.29 is 0 Å². The van der Waals surface area contributed by atoms with E-state index in [-0.39, 0.29) is 0 Å². The van der Waals surface area contributed by atoms with Gasteiger partial charge in [-0.2, -0.15) is 0 Å². The first-order valence-corrected chi connectivity index (χ1v) is 6.07. The van der Waals surface area contributed by atoms with Crippen LogP contribution in [0.25, 0.3) is 0 Å². The lowest BCUT2D eigenvalue weighted by Crippen LogP contribution is -2.40. The van der Waals surface area contributed by atoms with Gasteiger partial charge in [0.15, 0.2) is 0 Å². The van der Waals surface area contributed by atoms with E-state index in [0.29, 0.717) is 0 Å². The van der Waals surface area contributed by atoms with Crippen LogP contribution in [0.15, 0.2) is 0 Å². The number of nitrogens with one attached hydrogen (secondary N) is 1. The van der Waals surface area contributed by atoms with Crippen LogP contribution in [0.3, 0.4) is 0 Å². The normalized spacial score (nSPS) is 44.8. The Balaban J connectivity index is 1.80. The molecule has 0 heterocycles. The first-order chi connectivity index (χ1) is 6.31. The molecule has 1 nitrogen and oxygen atoms in total. The van der Waals surface area contributed by atoms with E-state index in [1.54, 1.807) is 0 Å². The van der Waals surface area contributed by atoms with Crippen LogP contribution in [0.2, 0.25) is 0 Å². The molecule has 0 amide bonds. The van der Waals surface area contributed by atoms with Crippen LogP contribution in [-0.2, 0) is 0 Å². The van der Waals surface area contributed by atoms with Gasteiger partial charge in [0.1, 0.15) is 0 Å². The van der Waals surface area contributed by atoms with Gasteiger partial charge in [-0.1, -0.05) is 33.1 Å². The second-order valence-electron chi connectivity index (χ2n) is 5.05. The lowest BCUT2D eigenvalue weighted by atomic mass is 9.83. The van der Waals surface area contributed by atoms with Crippen molar-refractivity contribution in [1.29, 1.82) is 0 Å². The van der Waals surface area contributed by atoms with Gasteiger partial charge in [-0.3, -0.25) is 0 Å². The summed E-state index contributed by atoms with van der Waals surface area (Å²) in [5.74, 6) is 1.93. The summed E-state index contributed by atoms with van der Waals surface area (Å²) in [6.07, 6.45) is 8.62. The highest BCUT2D eigenvalue weighted by molar-refractivity contribution is 4.94. The van der Waals surface area contributed by atoms with Crippen LogP contribution in [0.1, 0.15) is 52.4 Å². The largest absolute Gasteiger partial charge is 0.311 e. The van der Waals surface area contributed by atoms with Gasteiger partial charge in [0, 0.05) is 12.1 Å². The van der Waals surface area contributed by atoms with Gasteiger partial charge in [-0.05, 0) is 31.1 Å². The summed E-state index contributed by atoms with van der Waals surface area (Å²) in [6, 6.07) is 1.73. The van der Waals surface area contributed by atoms with E-state index in [0.717, 1.165) is 23.9 Å². The van der Waals surface area contributed by atoms with Crippen molar-refractivity contribution in [3.05, 3.63) is 0 Å². The Labute approximate surface area is 82.3 Å². The molecule has 0 radical (unpaired) electrons. The molecule has 0 saturated heterocycles. The third-order valence-electron chi connectivity index (χ3n) is 3.97. The predicted octanol–water partition coefficient (Wildman–Crippen LogP) is 2.95. The molecule has 1 N–H and O–H groups in total. The molecule has 2 saturated carbocycles. The average Bonchev–Trinajstić information content (AvgIpc) is 2.83. The van der Waals surface area contributed by atoms with Crippen molar-refractivity contribution in [2.45, 2.75) is 64.5 Å². The molecule has 2 aliphatic carbocycles. The molecule has 0 bridgehead atoms. The molecule has 2 unspecified atom stereocenters. The smallest absolute Gasteiger partial charge is 0.00990 e. The van der Waals surface area contributed by atoms with Gasteiger partial charge in [0.05, 0.1) is 0 Å². The van der Waals surface area contributed by atoms with Crippen molar-refractivity contribution in [1.82, 2.24) is 5.32 Å². The summed E-state index contributed by atoms with van der Waals surface area (Å²) in [4.78, 5) is 0. The average molecular weight is 181 g/mol. The lowest BCUT2D eigenvalue weighted by molar-refractivity contribution is 0.252. The van der Waals surface area contributed by atoms with Gasteiger partial charge >= 0.3 is 0 Å². The van der Waals surface area contributed by atoms with E-state index >= 15 is 0 Å². The van der Waals surface area contributed by atoms with Crippen molar-refractivity contribution in [2.75, 3.05) is 0 Å². The van der Waals surface area contributed by atoms with Gasteiger partial charge in [0.25, 0.3) is 0 Å². The van der Waals surface area contributed by atoms with E-state index in [2.05, 4.69) is 19.2 Å². The molecule has 2 rings (SSSR count). The van der Waals surface area contributed by atoms with Crippen LogP contribution in [0.4, 0.5) is 0 Å². The quantitative estimate of drug-likeness (QED) is 0.706. The molecular weight excluding hydrogens is 158 g/mol. The second kappa shape index (κ2) is 4.00. The monoisotopic (exact) mass is 181 g/mol. The third-order valence-corrected chi connectivity index (χ3v) is 3.97. The highest BCUT2D eigenvalue weighted by Crippen LogP contribution is 2.34. The zero-order valence-electron chi connectivity index (χ0n) is 9.05. The van der Waals surface area contributed by atoms with E-state index in [1.165, 1.54) is 38.5 Å². The minimum atomic E-state index is 0.855. The fraction of sp³-hybridized carbons (Fsp3) is 1.00. The highest BCUT2D eigenvalue weighted by atomic mass is 15.0. The summed E-state index contributed by atoms with van der Waals surface area (Å²) < 4.78 is 0. The third kappa shape index (κ3) is 2.25. The van der Waals surface area contributed by atoms with Gasteiger partial charge in [-0.15, -0.1) is 0 Å². The minimum absolute atomic E-state index is 0.855. The van der Waals surface area contributed by atoms with Crippen LogP contribution < -0.4 is 5.32 Å². The summed E-state index contributed by atoms with van der Waals surface area (Å²) in [7, 11) is 0. The predicted molar refractivity (Wildman–Crippen MR) is 56.7 cm³/mol. The van der Waals surface area contributed by atoms with E-state index < -0.39 is 0 Å². The first kappa shape index (κ1) is 9.51. The zero-order chi connectivity index (χ0) is 9.26. The highest BCUT2D eigenvalue weighted by Gasteiger charge is 2.36. The maximum absolute atomic E-state index is 3.84. The zero-order valence-corrected chi connectivity index (χ0v) is 9.05. The molecule has 4 atom stereocenters. The SMILES string of the molecule is CCC1CCCCC1N[C@@H]1C[C@H]1C. The summed E-state index contributed by atoms with van der Waals surface area (Å²) >= 11 is 0. The number of hydrogen-bond acceptors (Lipinski definition) is 1. The van der Waals surface area contributed by atoms with Crippen LogP contribution in [0.5, 0.6) is 0 Å². The topological polar surface area (TPSA) is 12.0 Å². The second-order valence-corrected chi connectivity index (χ2v) is 5.05. The molecule has 2 aliphatic rings. The van der Waals surface area contributed by atoms with Crippen molar-refractivity contribution >= 4 is 0 Å². The van der Waals surface area contributed by atoms with E-state index in [9.17, 15) is 0 Å². The molecule has 0 spiro atoms. The Morgan fingerprint density at radius 2 is 1.85 bits per heavy atom. The molecule has 13 heavy (non-hydrogen) atoms. The molecule has 0 aromatic carbocycles. The van der Waals surface area contributed by atoms with Crippen molar-refractivity contribution in [3.8, 4) is 0 Å². The standard InChI is InChI=1S/C12H23N/c1-3-10-6-4-5-7-11(10)13-12-8-9(12)2/h9-13H,3-8H2,1-2H3/t9-,10?,11?,12-/m1/s1. The van der Waals surface area contributed by atoms with Gasteiger partial charge in [0.2, 0.25) is 0 Å². The van der Waals surface area contributed by atoms with Crippen LogP contribution in [0, 0.1) is 11.8 Å². The van der Waals surface area contributed by atoms with E-state index in [1.807, 2.05) is 0 Å². The summed E-state index contributed by atoms with van der Waals surface area (Å²) in [6.45, 7) is 4.71. The number of rotatable bonds is 3. The molecule has 1 heteroatoms. The van der Waals surface area contributed by atoms with Crippen LogP contribution >= 0.6 is 0 Å². The maximum atomic E-state index is 3.84. The Morgan fingerprint density at radius 1 is 1.15 bits per heavy atom. The van der Waals surface area contributed by atoms with Crippen molar-refractivity contribution in [2.24, 2.45) is 11.8 Å². The Morgan fingerprint density at radius 3 is 2.46 bits per heavy atom. The lowest BCUT2D eigenvalue weighted by Gasteiger charge is -2.31. The number of hydrogen-bond donors (Lipinski definition) is 1. The van der Waals surface area contributed by atoms with Gasteiger partial charge < -0.3 is 5.32 Å². The molecule has 2 fully saturated rings. The molecule has 76 valence electrons. The first-order valence-electron chi connectivity index (χ1n) is 6.07. The van der Waals surface area contributed by atoms with Crippen LogP contribution in [-0.4, -0.2) is 12.1 Å². The fourth-order valence-corrected chi connectivity index (χ4v) is 2.74. The fourth-order valence-electron chi connectivity index (χ4n) is 2.74. The minimum Gasteiger partial charge on any atom is -0.311 e.